The second-order valence-corrected chi connectivity index (χ2v) is 3.42. The summed E-state index contributed by atoms with van der Waals surface area (Å²) in [4.78, 5) is 13.1. The highest BCUT2D eigenvalue weighted by molar-refractivity contribution is 5.77. The second-order valence-electron chi connectivity index (χ2n) is 3.42. The molecule has 1 aliphatic heterocycles. The molecule has 0 saturated carbocycles. The van der Waals surface area contributed by atoms with E-state index in [0.29, 0.717) is 26.1 Å². The molecule has 1 rings (SSSR count). The lowest BCUT2D eigenvalue weighted by atomic mass is 10.1. The van der Waals surface area contributed by atoms with Crippen LogP contribution in [0, 0.1) is 0 Å². The standard InChI is InChI=1S/C9H18N2O2/c1-2-4-13-5-3-9(12)11-6-8(10)7-11/h8H,2-7,10H2,1H3. The largest absolute Gasteiger partial charge is 0.381 e. The zero-order valence-corrected chi connectivity index (χ0v) is 8.16. The van der Waals surface area contributed by atoms with Gasteiger partial charge >= 0.3 is 0 Å². The van der Waals surface area contributed by atoms with Gasteiger partial charge in [-0.2, -0.15) is 0 Å². The fourth-order valence-electron chi connectivity index (χ4n) is 1.28. The van der Waals surface area contributed by atoms with Crippen LogP contribution in [0.15, 0.2) is 0 Å². The maximum atomic E-state index is 11.3. The molecular formula is C9H18N2O2. The molecule has 0 atom stereocenters. The van der Waals surface area contributed by atoms with E-state index in [-0.39, 0.29) is 11.9 Å². The Bertz CT molecular complexity index is 167. The first-order chi connectivity index (χ1) is 6.24. The third-order valence-electron chi connectivity index (χ3n) is 2.07. The third-order valence-corrected chi connectivity index (χ3v) is 2.07. The van der Waals surface area contributed by atoms with Crippen molar-refractivity contribution in [2.45, 2.75) is 25.8 Å². The van der Waals surface area contributed by atoms with Crippen LogP contribution in [0.2, 0.25) is 0 Å². The fraction of sp³-hybridized carbons (Fsp3) is 0.889. The highest BCUT2D eigenvalue weighted by Crippen LogP contribution is 2.06. The molecule has 76 valence electrons. The normalized spacial score (nSPS) is 17.2. The van der Waals surface area contributed by atoms with Crippen molar-refractivity contribution in [1.29, 1.82) is 0 Å². The molecule has 1 fully saturated rings. The van der Waals surface area contributed by atoms with Crippen molar-refractivity contribution in [1.82, 2.24) is 4.90 Å². The van der Waals surface area contributed by atoms with Gasteiger partial charge in [0.2, 0.25) is 5.91 Å². The maximum absolute atomic E-state index is 11.3. The summed E-state index contributed by atoms with van der Waals surface area (Å²) in [5.74, 6) is 0.165. The lowest BCUT2D eigenvalue weighted by Gasteiger charge is -2.36. The molecule has 0 aromatic carbocycles. The van der Waals surface area contributed by atoms with E-state index in [4.69, 9.17) is 10.5 Å². The second kappa shape index (κ2) is 5.19. The van der Waals surface area contributed by atoms with Gasteiger partial charge in [0.15, 0.2) is 0 Å². The summed E-state index contributed by atoms with van der Waals surface area (Å²) in [5.41, 5.74) is 5.56. The van der Waals surface area contributed by atoms with Crippen LogP contribution in [0.5, 0.6) is 0 Å². The van der Waals surface area contributed by atoms with E-state index in [2.05, 4.69) is 6.92 Å². The summed E-state index contributed by atoms with van der Waals surface area (Å²) in [6.45, 7) is 4.76. The highest BCUT2D eigenvalue weighted by atomic mass is 16.5. The smallest absolute Gasteiger partial charge is 0.224 e. The zero-order valence-electron chi connectivity index (χ0n) is 8.16. The molecule has 1 heterocycles. The van der Waals surface area contributed by atoms with Gasteiger partial charge in [-0.1, -0.05) is 6.92 Å². The van der Waals surface area contributed by atoms with Gasteiger partial charge in [-0.3, -0.25) is 4.79 Å². The molecule has 0 aliphatic carbocycles. The van der Waals surface area contributed by atoms with Gasteiger partial charge in [-0.25, -0.2) is 0 Å². The van der Waals surface area contributed by atoms with Crippen molar-refractivity contribution >= 4 is 5.91 Å². The number of nitrogens with zero attached hydrogens (tertiary/aromatic N) is 1. The third kappa shape index (κ3) is 3.32. The van der Waals surface area contributed by atoms with Crippen LogP contribution in [0.1, 0.15) is 19.8 Å². The highest BCUT2D eigenvalue weighted by Gasteiger charge is 2.26. The number of nitrogens with two attached hydrogens (primary N) is 1. The first-order valence-electron chi connectivity index (χ1n) is 4.85. The summed E-state index contributed by atoms with van der Waals surface area (Å²) in [5, 5.41) is 0. The molecule has 0 aromatic rings. The number of hydrogen-bond donors (Lipinski definition) is 1. The summed E-state index contributed by atoms with van der Waals surface area (Å²) in [6.07, 6.45) is 1.50. The van der Waals surface area contributed by atoms with Crippen molar-refractivity contribution in [3.05, 3.63) is 0 Å². The number of carbonyl (C=O) groups excluding carboxylic acids is 1. The van der Waals surface area contributed by atoms with E-state index in [9.17, 15) is 4.79 Å². The summed E-state index contributed by atoms with van der Waals surface area (Å²) < 4.78 is 5.22. The zero-order chi connectivity index (χ0) is 9.68. The van der Waals surface area contributed by atoms with Gasteiger partial charge in [-0.05, 0) is 6.42 Å². The molecule has 1 aliphatic rings. The Kier molecular flexibility index (Phi) is 4.18. The summed E-state index contributed by atoms with van der Waals surface area (Å²) in [6, 6.07) is 0.195. The van der Waals surface area contributed by atoms with Crippen LogP contribution in [0.4, 0.5) is 0 Å². The van der Waals surface area contributed by atoms with E-state index < -0.39 is 0 Å². The van der Waals surface area contributed by atoms with E-state index in [1.165, 1.54) is 0 Å². The maximum Gasteiger partial charge on any atom is 0.224 e. The molecule has 4 nitrogen and oxygen atoms in total. The van der Waals surface area contributed by atoms with Crippen molar-refractivity contribution in [3.63, 3.8) is 0 Å². The molecule has 0 unspecified atom stereocenters. The van der Waals surface area contributed by atoms with Crippen LogP contribution in [0.3, 0.4) is 0 Å². The minimum absolute atomic E-state index is 0.165. The molecule has 13 heavy (non-hydrogen) atoms. The first kappa shape index (κ1) is 10.5. The number of ether oxygens (including phenoxy) is 1. The Morgan fingerprint density at radius 3 is 2.77 bits per heavy atom. The Hall–Kier alpha value is -0.610. The van der Waals surface area contributed by atoms with E-state index in [1.807, 2.05) is 0 Å². The van der Waals surface area contributed by atoms with Gasteiger partial charge in [0.25, 0.3) is 0 Å². The first-order valence-corrected chi connectivity index (χ1v) is 4.85. The number of rotatable bonds is 5. The Labute approximate surface area is 79.0 Å². The fourth-order valence-corrected chi connectivity index (χ4v) is 1.28. The minimum atomic E-state index is 0.165. The number of carbonyl (C=O) groups is 1. The SMILES string of the molecule is CCCOCCC(=O)N1CC(N)C1. The molecule has 0 aromatic heterocycles. The quantitative estimate of drug-likeness (QED) is 0.614. The number of amides is 1. The monoisotopic (exact) mass is 186 g/mol. The van der Waals surface area contributed by atoms with Crippen LogP contribution >= 0.6 is 0 Å². The Morgan fingerprint density at radius 2 is 2.23 bits per heavy atom. The lowest BCUT2D eigenvalue weighted by Crippen LogP contribution is -2.57. The van der Waals surface area contributed by atoms with Gasteiger partial charge in [-0.15, -0.1) is 0 Å². The predicted octanol–water partition coefficient (Wildman–Crippen LogP) is -0.0274. The van der Waals surface area contributed by atoms with Crippen LogP contribution < -0.4 is 5.73 Å². The van der Waals surface area contributed by atoms with Gasteiger partial charge < -0.3 is 15.4 Å². The molecule has 1 saturated heterocycles. The van der Waals surface area contributed by atoms with Crippen LogP contribution in [0.25, 0.3) is 0 Å². The molecule has 2 N–H and O–H groups in total. The summed E-state index contributed by atoms with van der Waals surface area (Å²) in [7, 11) is 0. The van der Waals surface area contributed by atoms with Crippen molar-refractivity contribution in [3.8, 4) is 0 Å². The number of hydrogen-bond acceptors (Lipinski definition) is 3. The Morgan fingerprint density at radius 1 is 1.54 bits per heavy atom. The number of likely N-dealkylation sites (tertiary alicyclic amines) is 1. The molecule has 0 bridgehead atoms. The van der Waals surface area contributed by atoms with E-state index in [1.54, 1.807) is 4.90 Å². The molecule has 1 amide bonds. The van der Waals surface area contributed by atoms with Crippen molar-refractivity contribution < 1.29 is 9.53 Å². The minimum Gasteiger partial charge on any atom is -0.381 e. The van der Waals surface area contributed by atoms with Crippen molar-refractivity contribution in [2.24, 2.45) is 5.73 Å². The van der Waals surface area contributed by atoms with E-state index >= 15 is 0 Å². The van der Waals surface area contributed by atoms with Gasteiger partial charge in [0.05, 0.1) is 13.0 Å². The van der Waals surface area contributed by atoms with Gasteiger partial charge in [0, 0.05) is 25.7 Å². The topological polar surface area (TPSA) is 55.6 Å². The van der Waals surface area contributed by atoms with Crippen LogP contribution in [-0.2, 0) is 9.53 Å². The molecule has 0 spiro atoms. The molecule has 0 radical (unpaired) electrons. The average molecular weight is 186 g/mol. The molecular weight excluding hydrogens is 168 g/mol. The van der Waals surface area contributed by atoms with Crippen LogP contribution in [-0.4, -0.2) is 43.2 Å². The molecule has 4 heteroatoms. The Balaban J connectivity index is 1.99. The van der Waals surface area contributed by atoms with Gasteiger partial charge in [0.1, 0.15) is 0 Å². The summed E-state index contributed by atoms with van der Waals surface area (Å²) >= 11 is 0. The average Bonchev–Trinajstić information content (AvgIpc) is 2.07. The predicted molar refractivity (Wildman–Crippen MR) is 50.3 cm³/mol. The van der Waals surface area contributed by atoms with Crippen molar-refractivity contribution in [2.75, 3.05) is 26.3 Å². The van der Waals surface area contributed by atoms with E-state index in [0.717, 1.165) is 13.0 Å². The lowest BCUT2D eigenvalue weighted by molar-refractivity contribution is -0.136.